The van der Waals surface area contributed by atoms with Gasteiger partial charge in [-0.2, -0.15) is 0 Å². The minimum atomic E-state index is 0.00440. The molecule has 0 spiro atoms. The molecule has 136 valence electrons. The Hall–Kier alpha value is -1.92. The monoisotopic (exact) mass is 385 g/mol. The average molecular weight is 386 g/mol. The van der Waals surface area contributed by atoms with E-state index in [1.165, 1.54) is 22.4 Å². The van der Waals surface area contributed by atoms with Crippen molar-refractivity contribution >= 4 is 40.3 Å². The number of aliphatic imine (C=N–C) groups is 1. The lowest BCUT2D eigenvalue weighted by atomic mass is 10.2. The summed E-state index contributed by atoms with van der Waals surface area (Å²) in [6.45, 7) is 13.4. The lowest BCUT2D eigenvalue weighted by Crippen LogP contribution is -2.29. The summed E-state index contributed by atoms with van der Waals surface area (Å²) < 4.78 is 0. The number of amidine groups is 1. The largest absolute Gasteiger partial charge is 0.338 e. The van der Waals surface area contributed by atoms with Crippen LogP contribution in [0.25, 0.3) is 0 Å². The number of benzene rings is 1. The fraction of sp³-hybridized carbons (Fsp3) is 0.300. The zero-order chi connectivity index (χ0) is 18.8. The molecule has 2 heterocycles. The molecule has 1 saturated heterocycles. The molecule has 1 aromatic rings. The zero-order valence-electron chi connectivity index (χ0n) is 15.6. The van der Waals surface area contributed by atoms with E-state index in [-0.39, 0.29) is 5.91 Å². The van der Waals surface area contributed by atoms with Crippen LogP contribution in [0.2, 0.25) is 0 Å². The van der Waals surface area contributed by atoms with E-state index in [4.69, 9.17) is 4.99 Å². The minimum absolute atomic E-state index is 0.00440. The first-order valence-corrected chi connectivity index (χ1v) is 10.2. The van der Waals surface area contributed by atoms with Crippen molar-refractivity contribution in [3.05, 3.63) is 63.0 Å². The molecule has 2 aliphatic heterocycles. The summed E-state index contributed by atoms with van der Waals surface area (Å²) in [5.74, 6) is 0.00440. The molecule has 0 atom stereocenters. The number of allylic oxidation sites excluding steroid dienone is 2. The Balaban J connectivity index is 2.02. The summed E-state index contributed by atoms with van der Waals surface area (Å²) >= 11 is 3.13. The number of carbonyl (C=O) groups excluding carboxylic acids is 1. The molecule has 4 nitrogen and oxygen atoms in total. The van der Waals surface area contributed by atoms with E-state index in [1.807, 2.05) is 31.2 Å². The van der Waals surface area contributed by atoms with Crippen molar-refractivity contribution in [1.82, 2.24) is 9.80 Å². The van der Waals surface area contributed by atoms with Gasteiger partial charge in [0.2, 0.25) is 0 Å². The van der Waals surface area contributed by atoms with Crippen LogP contribution < -0.4 is 0 Å². The van der Waals surface area contributed by atoms with Crippen LogP contribution in [0.1, 0.15) is 26.3 Å². The first-order valence-electron chi connectivity index (χ1n) is 8.59. The summed E-state index contributed by atoms with van der Waals surface area (Å²) in [5.41, 5.74) is 3.22. The van der Waals surface area contributed by atoms with Crippen molar-refractivity contribution in [2.75, 3.05) is 13.1 Å². The van der Waals surface area contributed by atoms with Crippen molar-refractivity contribution in [2.45, 2.75) is 27.7 Å². The Labute approximate surface area is 163 Å². The Kier molecular flexibility index (Phi) is 5.63. The first-order chi connectivity index (χ1) is 12.5. The molecule has 0 radical (unpaired) electrons. The number of carbonyl (C=O) groups is 1. The molecule has 1 fully saturated rings. The molecule has 3 rings (SSSR count). The topological polar surface area (TPSA) is 35.9 Å². The molecule has 0 saturated carbocycles. The molecule has 0 aromatic heterocycles. The van der Waals surface area contributed by atoms with E-state index >= 15 is 0 Å². The zero-order valence-corrected chi connectivity index (χ0v) is 17.2. The van der Waals surface area contributed by atoms with Gasteiger partial charge >= 0.3 is 0 Å². The van der Waals surface area contributed by atoms with Crippen molar-refractivity contribution in [3.63, 3.8) is 0 Å². The van der Waals surface area contributed by atoms with E-state index in [0.29, 0.717) is 11.7 Å². The second-order valence-corrected chi connectivity index (χ2v) is 8.34. The van der Waals surface area contributed by atoms with Gasteiger partial charge in [0, 0.05) is 23.7 Å². The van der Waals surface area contributed by atoms with Gasteiger partial charge in [-0.1, -0.05) is 30.0 Å². The molecule has 0 unspecified atom stereocenters. The predicted molar refractivity (Wildman–Crippen MR) is 113 cm³/mol. The molecule has 2 aliphatic rings. The Morgan fingerprint density at radius 1 is 1.19 bits per heavy atom. The van der Waals surface area contributed by atoms with E-state index in [9.17, 15) is 4.79 Å². The fourth-order valence-corrected chi connectivity index (χ4v) is 5.23. The normalized spacial score (nSPS) is 22.2. The van der Waals surface area contributed by atoms with Crippen LogP contribution in [0.3, 0.4) is 0 Å². The van der Waals surface area contributed by atoms with Gasteiger partial charge in [0.15, 0.2) is 5.17 Å². The van der Waals surface area contributed by atoms with Gasteiger partial charge < -0.3 is 4.90 Å². The van der Waals surface area contributed by atoms with Crippen LogP contribution in [-0.2, 0) is 4.79 Å². The Bertz CT molecular complexity index is 854. The Morgan fingerprint density at radius 2 is 1.96 bits per heavy atom. The van der Waals surface area contributed by atoms with Gasteiger partial charge in [-0.25, -0.2) is 4.99 Å². The van der Waals surface area contributed by atoms with Crippen molar-refractivity contribution < 1.29 is 4.79 Å². The van der Waals surface area contributed by atoms with Gasteiger partial charge in [-0.3, -0.25) is 9.69 Å². The number of amides is 1. The third-order valence-electron chi connectivity index (χ3n) is 4.32. The third-order valence-corrected chi connectivity index (χ3v) is 6.74. The van der Waals surface area contributed by atoms with Crippen LogP contribution in [0, 0.1) is 6.92 Å². The fourth-order valence-electron chi connectivity index (χ4n) is 2.88. The van der Waals surface area contributed by atoms with Gasteiger partial charge in [-0.05, 0) is 57.2 Å². The maximum Gasteiger partial charge on any atom is 0.269 e. The number of thioether (sulfide) groups is 2. The lowest BCUT2D eigenvalue weighted by Gasteiger charge is -2.20. The van der Waals surface area contributed by atoms with Crippen LogP contribution in [0.15, 0.2) is 62.4 Å². The lowest BCUT2D eigenvalue weighted by molar-refractivity contribution is -0.122. The summed E-state index contributed by atoms with van der Waals surface area (Å²) in [6, 6.07) is 8.00. The summed E-state index contributed by atoms with van der Waals surface area (Å²) in [5, 5.41) is 1.72. The average Bonchev–Trinajstić information content (AvgIpc) is 3.06. The second kappa shape index (κ2) is 7.76. The number of hydrogen-bond donors (Lipinski definition) is 0. The summed E-state index contributed by atoms with van der Waals surface area (Å²) in [4.78, 5) is 23.7. The van der Waals surface area contributed by atoms with Gasteiger partial charge in [0.25, 0.3) is 5.91 Å². The van der Waals surface area contributed by atoms with E-state index in [0.717, 1.165) is 27.7 Å². The molecule has 6 heteroatoms. The Morgan fingerprint density at radius 3 is 2.62 bits per heavy atom. The van der Waals surface area contributed by atoms with E-state index < -0.39 is 0 Å². The standard InChI is InChI=1S/C20H23N3OS2/c1-6-11-23-18(24)17(19-22(7-2)14(4)15(5)25-19)26-20(23)21-16-10-8-9-13(3)12-16/h6,8-10,12H,1,7,11H2,2-5H3. The third kappa shape index (κ3) is 3.48. The summed E-state index contributed by atoms with van der Waals surface area (Å²) in [6.07, 6.45) is 1.74. The van der Waals surface area contributed by atoms with Crippen LogP contribution in [0.4, 0.5) is 5.69 Å². The quantitative estimate of drug-likeness (QED) is 0.525. The van der Waals surface area contributed by atoms with Crippen molar-refractivity contribution in [2.24, 2.45) is 4.99 Å². The highest BCUT2D eigenvalue weighted by molar-refractivity contribution is 8.19. The molecular formula is C20H23N3OS2. The number of nitrogens with zero attached hydrogens (tertiary/aromatic N) is 3. The van der Waals surface area contributed by atoms with E-state index in [1.54, 1.807) is 22.7 Å². The molecule has 0 bridgehead atoms. The van der Waals surface area contributed by atoms with Crippen molar-refractivity contribution in [1.29, 1.82) is 0 Å². The van der Waals surface area contributed by atoms with Crippen LogP contribution in [-0.4, -0.2) is 34.0 Å². The molecule has 1 amide bonds. The van der Waals surface area contributed by atoms with Crippen molar-refractivity contribution in [3.8, 4) is 0 Å². The molecule has 1 aromatic carbocycles. The smallest absolute Gasteiger partial charge is 0.269 e. The number of hydrogen-bond acceptors (Lipinski definition) is 5. The molecular weight excluding hydrogens is 362 g/mol. The first kappa shape index (κ1) is 18.9. The van der Waals surface area contributed by atoms with Gasteiger partial charge in [0.1, 0.15) is 4.91 Å². The minimum Gasteiger partial charge on any atom is -0.338 e. The number of rotatable bonds is 4. The SMILES string of the molecule is C=CCN1C(=O)C(=C2SC(C)=C(C)N2CC)SC1=Nc1cccc(C)c1. The van der Waals surface area contributed by atoms with Crippen LogP contribution >= 0.6 is 23.5 Å². The number of aryl methyl sites for hydroxylation is 1. The molecule has 0 N–H and O–H groups in total. The maximum absolute atomic E-state index is 13.1. The highest BCUT2D eigenvalue weighted by Gasteiger charge is 2.38. The molecule has 0 aliphatic carbocycles. The maximum atomic E-state index is 13.1. The molecule has 26 heavy (non-hydrogen) atoms. The highest BCUT2D eigenvalue weighted by atomic mass is 32.2. The van der Waals surface area contributed by atoms with E-state index in [2.05, 4.69) is 32.3 Å². The predicted octanol–water partition coefficient (Wildman–Crippen LogP) is 5.23. The summed E-state index contributed by atoms with van der Waals surface area (Å²) in [7, 11) is 0. The van der Waals surface area contributed by atoms with Gasteiger partial charge in [-0.15, -0.1) is 6.58 Å². The van der Waals surface area contributed by atoms with Crippen LogP contribution in [0.5, 0.6) is 0 Å². The van der Waals surface area contributed by atoms with Gasteiger partial charge in [0.05, 0.1) is 10.7 Å². The second-order valence-electron chi connectivity index (χ2n) is 6.16. The highest BCUT2D eigenvalue weighted by Crippen LogP contribution is 2.47.